The summed E-state index contributed by atoms with van der Waals surface area (Å²) in [5.74, 6) is 0.164. The van der Waals surface area contributed by atoms with E-state index >= 15 is 0 Å². The molecule has 7 atom stereocenters. The highest BCUT2D eigenvalue weighted by Crippen LogP contribution is 2.31. The number of fused-ring (bicyclic) bond motifs is 3. The quantitative estimate of drug-likeness (QED) is 0.482. The third-order valence-electron chi connectivity index (χ3n) is 5.84. The molecule has 23 heavy (non-hydrogen) atoms. The Morgan fingerprint density at radius 3 is 2.61 bits per heavy atom. The van der Waals surface area contributed by atoms with Gasteiger partial charge in [0.25, 0.3) is 0 Å². The zero-order valence-electron chi connectivity index (χ0n) is 13.2. The smallest absolute Gasteiger partial charge is 0.160 e. The molecule has 5 fully saturated rings. The topological polar surface area (TPSA) is 96.5 Å². The molecule has 0 radical (unpaired) electrons. The van der Waals surface area contributed by atoms with Crippen LogP contribution in [0, 0.1) is 0 Å². The van der Waals surface area contributed by atoms with Crippen molar-refractivity contribution in [2.75, 3.05) is 45.1 Å². The minimum absolute atomic E-state index is 0.0378. The number of hydrogen-bond donors (Lipinski definition) is 3. The second kappa shape index (κ2) is 6.44. The van der Waals surface area contributed by atoms with Gasteiger partial charge in [0.1, 0.15) is 15.7 Å². The molecule has 0 spiro atoms. The van der Waals surface area contributed by atoms with Crippen LogP contribution in [-0.2, 0) is 21.0 Å². The van der Waals surface area contributed by atoms with E-state index in [1.54, 1.807) is 0 Å². The van der Waals surface area contributed by atoms with Gasteiger partial charge < -0.3 is 20.5 Å². The molecule has 7 unspecified atom stereocenters. The molecule has 0 aromatic heterocycles. The molecule has 7 nitrogen and oxygen atoms in total. The van der Waals surface area contributed by atoms with Crippen LogP contribution in [0.4, 0.5) is 0 Å². The largest absolute Gasteiger partial charge is 0.616 e. The second-order valence-corrected chi connectivity index (χ2v) is 11.3. The Morgan fingerprint density at radius 2 is 1.96 bits per heavy atom. The molecule has 0 aromatic carbocycles. The van der Waals surface area contributed by atoms with E-state index in [4.69, 9.17) is 0 Å². The van der Waals surface area contributed by atoms with Crippen LogP contribution in [0.3, 0.4) is 0 Å². The average Bonchev–Trinajstić information content (AvgIpc) is 2.56. The van der Waals surface area contributed by atoms with Crippen LogP contribution in [0.1, 0.15) is 12.8 Å². The van der Waals surface area contributed by atoms with Crippen LogP contribution < -0.4 is 16.0 Å². The predicted molar refractivity (Wildman–Crippen MR) is 90.6 cm³/mol. The average molecular weight is 363 g/mol. The van der Waals surface area contributed by atoms with E-state index in [2.05, 4.69) is 20.9 Å². The summed E-state index contributed by atoms with van der Waals surface area (Å²) in [5, 5.41) is 9.27. The van der Waals surface area contributed by atoms with Crippen LogP contribution in [0.2, 0.25) is 0 Å². The fourth-order valence-corrected chi connectivity index (χ4v) is 8.99. The Hall–Kier alpha value is 0.1000. The Kier molecular flexibility index (Phi) is 4.63. The second-order valence-electron chi connectivity index (χ2n) is 7.14. The molecule has 5 aliphatic rings. The first-order valence-electron chi connectivity index (χ1n) is 8.56. The highest BCUT2D eigenvalue weighted by atomic mass is 32.2. The van der Waals surface area contributed by atoms with Crippen molar-refractivity contribution in [1.29, 1.82) is 0 Å². The van der Waals surface area contributed by atoms with Crippen molar-refractivity contribution in [3.8, 4) is 0 Å². The minimum atomic E-state index is -3.14. The lowest BCUT2D eigenvalue weighted by atomic mass is 9.92. The minimum Gasteiger partial charge on any atom is -0.616 e. The third kappa shape index (κ3) is 3.05. The lowest BCUT2D eigenvalue weighted by Crippen LogP contribution is -2.69. The van der Waals surface area contributed by atoms with Crippen molar-refractivity contribution in [2.24, 2.45) is 0 Å². The first-order chi connectivity index (χ1) is 11.1. The highest BCUT2D eigenvalue weighted by molar-refractivity contribution is 7.96. The first-order valence-corrected chi connectivity index (χ1v) is 11.6. The molecule has 2 bridgehead atoms. The highest BCUT2D eigenvalue weighted by Gasteiger charge is 2.51. The van der Waals surface area contributed by atoms with Gasteiger partial charge in [-0.2, -0.15) is 0 Å². The standard InChI is InChI=1S/C14H26N4O3S2/c19-22-12(11-5-10-1-3-18(11)9-17-10)6-16-7-13(22)14-8-15-2-4-23(14,20)21/h10-17H,1-9H2. The van der Waals surface area contributed by atoms with Gasteiger partial charge in [0.2, 0.25) is 0 Å². The molecule has 3 N–H and O–H groups in total. The zero-order chi connectivity index (χ0) is 16.0. The molecule has 0 amide bonds. The van der Waals surface area contributed by atoms with Crippen LogP contribution in [0.25, 0.3) is 0 Å². The molecule has 0 aliphatic carbocycles. The summed E-state index contributed by atoms with van der Waals surface area (Å²) in [6.07, 6.45) is 2.19. The lowest BCUT2D eigenvalue weighted by molar-refractivity contribution is 0.0521. The summed E-state index contributed by atoms with van der Waals surface area (Å²) in [6, 6.07) is 0.841. The molecule has 5 saturated heterocycles. The van der Waals surface area contributed by atoms with Gasteiger partial charge in [0.05, 0.1) is 11.8 Å². The molecule has 0 aromatic rings. The maximum Gasteiger partial charge on any atom is 0.160 e. The molecule has 0 saturated carbocycles. The monoisotopic (exact) mass is 362 g/mol. The summed E-state index contributed by atoms with van der Waals surface area (Å²) < 4.78 is 38.0. The van der Waals surface area contributed by atoms with Crippen molar-refractivity contribution >= 4 is 21.0 Å². The molecule has 5 rings (SSSR count). The number of rotatable bonds is 2. The normalized spacial score (nSPS) is 49.9. The van der Waals surface area contributed by atoms with Gasteiger partial charge in [-0.15, -0.1) is 0 Å². The summed E-state index contributed by atoms with van der Waals surface area (Å²) >= 11 is -1.11. The Morgan fingerprint density at radius 1 is 1.13 bits per heavy atom. The number of sulfone groups is 1. The number of hydrogen-bond acceptors (Lipinski definition) is 7. The van der Waals surface area contributed by atoms with E-state index in [1.165, 1.54) is 0 Å². The van der Waals surface area contributed by atoms with E-state index < -0.39 is 26.3 Å². The van der Waals surface area contributed by atoms with E-state index in [-0.39, 0.29) is 16.3 Å². The molecule has 5 heterocycles. The number of nitrogens with one attached hydrogen (secondary N) is 3. The van der Waals surface area contributed by atoms with Gasteiger partial charge in [-0.3, -0.25) is 4.90 Å². The summed E-state index contributed by atoms with van der Waals surface area (Å²) in [5.41, 5.74) is 0. The molecular formula is C14H26N4O3S2. The molecular weight excluding hydrogens is 336 g/mol. The van der Waals surface area contributed by atoms with Gasteiger partial charge in [-0.1, -0.05) is 0 Å². The van der Waals surface area contributed by atoms with Crippen LogP contribution in [0.5, 0.6) is 0 Å². The molecule has 132 valence electrons. The number of nitrogens with zero attached hydrogens (tertiary/aromatic N) is 1. The van der Waals surface area contributed by atoms with E-state index in [0.29, 0.717) is 31.7 Å². The van der Waals surface area contributed by atoms with Crippen molar-refractivity contribution in [3.63, 3.8) is 0 Å². The summed E-state index contributed by atoms with van der Waals surface area (Å²) in [4.78, 5) is 2.39. The van der Waals surface area contributed by atoms with Crippen molar-refractivity contribution in [2.45, 2.75) is 40.7 Å². The van der Waals surface area contributed by atoms with Crippen LogP contribution in [0.15, 0.2) is 0 Å². The SMILES string of the molecule is O=S1(=O)CCNCC1C1CNCC(C2CC3CCN2CN3)[S+]1[O-]. The van der Waals surface area contributed by atoms with Crippen molar-refractivity contribution in [1.82, 2.24) is 20.9 Å². The lowest BCUT2D eigenvalue weighted by Gasteiger charge is -2.50. The Balaban J connectivity index is 1.52. The van der Waals surface area contributed by atoms with Gasteiger partial charge in [0.15, 0.2) is 9.84 Å². The van der Waals surface area contributed by atoms with Crippen molar-refractivity contribution < 1.29 is 13.0 Å². The fraction of sp³-hybridized carbons (Fsp3) is 1.00. The first kappa shape index (κ1) is 16.6. The fourth-order valence-electron chi connectivity index (χ4n) is 4.49. The maximum absolute atomic E-state index is 13.2. The van der Waals surface area contributed by atoms with Gasteiger partial charge in [0, 0.05) is 45.4 Å². The van der Waals surface area contributed by atoms with E-state index in [1.807, 2.05) is 0 Å². The Bertz CT molecular complexity index is 538. The van der Waals surface area contributed by atoms with E-state index in [0.717, 1.165) is 32.6 Å². The third-order valence-corrected chi connectivity index (χ3v) is 10.4. The maximum atomic E-state index is 13.2. The zero-order valence-corrected chi connectivity index (χ0v) is 14.9. The van der Waals surface area contributed by atoms with Crippen LogP contribution in [-0.4, -0.2) is 90.8 Å². The summed E-state index contributed by atoms with van der Waals surface area (Å²) in [7, 11) is -3.14. The predicted octanol–water partition coefficient (Wildman–Crippen LogP) is -2.14. The van der Waals surface area contributed by atoms with Crippen molar-refractivity contribution in [3.05, 3.63) is 0 Å². The number of piperidine rings is 1. The van der Waals surface area contributed by atoms with Gasteiger partial charge in [-0.05, 0) is 24.0 Å². The molecule has 9 heteroatoms. The van der Waals surface area contributed by atoms with Gasteiger partial charge >= 0.3 is 0 Å². The van der Waals surface area contributed by atoms with Gasteiger partial charge in [-0.25, -0.2) is 8.42 Å². The van der Waals surface area contributed by atoms with Crippen LogP contribution >= 0.6 is 0 Å². The Labute approximate surface area is 141 Å². The summed E-state index contributed by atoms with van der Waals surface area (Å²) in [6.45, 7) is 4.16. The van der Waals surface area contributed by atoms with E-state index in [9.17, 15) is 13.0 Å². The molecule has 5 aliphatic heterocycles.